The van der Waals surface area contributed by atoms with Crippen LogP contribution in [0.5, 0.6) is 0 Å². The first-order valence-corrected chi connectivity index (χ1v) is 3.58. The van der Waals surface area contributed by atoms with E-state index in [0.717, 1.165) is 19.3 Å². The number of hydrogen-bond donors (Lipinski definition) is 1. The molecule has 0 bridgehead atoms. The van der Waals surface area contributed by atoms with Crippen molar-refractivity contribution >= 4 is 5.97 Å². The van der Waals surface area contributed by atoms with E-state index in [-0.39, 0.29) is 6.10 Å². The lowest BCUT2D eigenvalue weighted by Crippen LogP contribution is -2.30. The van der Waals surface area contributed by atoms with Crippen molar-refractivity contribution in [1.82, 2.24) is 0 Å². The van der Waals surface area contributed by atoms with Crippen LogP contribution in [0.1, 0.15) is 26.2 Å². The number of esters is 1. The van der Waals surface area contributed by atoms with Gasteiger partial charge in [0.2, 0.25) is 0 Å². The lowest BCUT2D eigenvalue weighted by molar-refractivity contribution is -0.161. The first-order chi connectivity index (χ1) is 4.70. The van der Waals surface area contributed by atoms with Crippen LogP contribution in [-0.2, 0) is 9.53 Å². The Bertz CT molecular complexity index is 127. The smallest absolute Gasteiger partial charge is 0.334 e. The Morgan fingerprint density at radius 2 is 2.30 bits per heavy atom. The minimum absolute atomic E-state index is 0.0853. The summed E-state index contributed by atoms with van der Waals surface area (Å²) in [6.45, 7) is 1.42. The van der Waals surface area contributed by atoms with Crippen molar-refractivity contribution in [3.8, 4) is 0 Å². The van der Waals surface area contributed by atoms with Crippen LogP contribution in [-0.4, -0.2) is 23.3 Å². The third kappa shape index (κ3) is 1.70. The van der Waals surface area contributed by atoms with Crippen molar-refractivity contribution in [2.45, 2.75) is 38.4 Å². The fourth-order valence-electron chi connectivity index (χ4n) is 0.751. The predicted octanol–water partition coefficient (Wildman–Crippen LogP) is 0.463. The zero-order chi connectivity index (χ0) is 7.56. The normalized spacial score (nSPS) is 21.4. The van der Waals surface area contributed by atoms with E-state index in [9.17, 15) is 4.79 Å². The summed E-state index contributed by atoms with van der Waals surface area (Å²) >= 11 is 0. The number of aliphatic hydroxyl groups excluding tert-OH is 1. The van der Waals surface area contributed by atoms with Crippen molar-refractivity contribution < 1.29 is 14.6 Å². The Morgan fingerprint density at radius 1 is 1.70 bits per heavy atom. The van der Waals surface area contributed by atoms with E-state index in [1.165, 1.54) is 6.92 Å². The summed E-state index contributed by atoms with van der Waals surface area (Å²) in [5, 5.41) is 8.71. The maximum Gasteiger partial charge on any atom is 0.334 e. The van der Waals surface area contributed by atoms with Crippen molar-refractivity contribution in [2.24, 2.45) is 0 Å². The highest BCUT2D eigenvalue weighted by atomic mass is 16.6. The Hall–Kier alpha value is -0.570. The van der Waals surface area contributed by atoms with Crippen molar-refractivity contribution in [3.63, 3.8) is 0 Å². The standard InChI is InChI=1S/C7H12O3/c1-5(8)7(9)10-6-3-2-4-6/h5-6,8H,2-4H2,1H3. The van der Waals surface area contributed by atoms with Gasteiger partial charge in [-0.05, 0) is 26.2 Å². The number of aliphatic hydroxyl groups is 1. The molecule has 1 unspecified atom stereocenters. The molecular formula is C7H12O3. The topological polar surface area (TPSA) is 46.5 Å². The van der Waals surface area contributed by atoms with Crippen LogP contribution < -0.4 is 0 Å². The summed E-state index contributed by atoms with van der Waals surface area (Å²) in [5.41, 5.74) is 0. The van der Waals surface area contributed by atoms with E-state index < -0.39 is 12.1 Å². The van der Waals surface area contributed by atoms with Gasteiger partial charge in [0.1, 0.15) is 12.2 Å². The van der Waals surface area contributed by atoms with Crippen LogP contribution in [0.4, 0.5) is 0 Å². The van der Waals surface area contributed by atoms with Crippen molar-refractivity contribution in [1.29, 1.82) is 0 Å². The zero-order valence-corrected chi connectivity index (χ0v) is 6.04. The average molecular weight is 144 g/mol. The summed E-state index contributed by atoms with van der Waals surface area (Å²) < 4.78 is 4.86. The minimum atomic E-state index is -0.972. The summed E-state index contributed by atoms with van der Waals surface area (Å²) in [7, 11) is 0. The molecule has 3 nitrogen and oxygen atoms in total. The monoisotopic (exact) mass is 144 g/mol. The average Bonchev–Trinajstić information content (AvgIpc) is 1.77. The minimum Gasteiger partial charge on any atom is -0.460 e. The van der Waals surface area contributed by atoms with Crippen LogP contribution in [0.3, 0.4) is 0 Å². The van der Waals surface area contributed by atoms with E-state index >= 15 is 0 Å². The van der Waals surface area contributed by atoms with Crippen LogP contribution >= 0.6 is 0 Å². The molecule has 1 rings (SSSR count). The fourth-order valence-corrected chi connectivity index (χ4v) is 0.751. The van der Waals surface area contributed by atoms with Gasteiger partial charge in [0.05, 0.1) is 0 Å². The number of rotatable bonds is 2. The molecule has 58 valence electrons. The maximum absolute atomic E-state index is 10.7. The van der Waals surface area contributed by atoms with E-state index in [1.807, 2.05) is 0 Å². The quantitative estimate of drug-likeness (QED) is 0.573. The molecule has 1 aliphatic rings. The van der Waals surface area contributed by atoms with Gasteiger partial charge in [0.25, 0.3) is 0 Å². The van der Waals surface area contributed by atoms with Crippen molar-refractivity contribution in [3.05, 3.63) is 0 Å². The summed E-state index contributed by atoms with van der Waals surface area (Å²) in [5.74, 6) is -0.496. The van der Waals surface area contributed by atoms with Gasteiger partial charge in [-0.25, -0.2) is 4.79 Å². The molecule has 0 amide bonds. The Kier molecular flexibility index (Phi) is 2.27. The molecule has 0 saturated heterocycles. The van der Waals surface area contributed by atoms with Gasteiger partial charge in [-0.2, -0.15) is 0 Å². The molecule has 0 radical (unpaired) electrons. The van der Waals surface area contributed by atoms with E-state index in [1.54, 1.807) is 0 Å². The zero-order valence-electron chi connectivity index (χ0n) is 6.04. The third-order valence-electron chi connectivity index (χ3n) is 1.68. The molecule has 1 aliphatic carbocycles. The molecule has 3 heteroatoms. The van der Waals surface area contributed by atoms with Gasteiger partial charge in [-0.1, -0.05) is 0 Å². The van der Waals surface area contributed by atoms with E-state index in [2.05, 4.69) is 0 Å². The van der Waals surface area contributed by atoms with Gasteiger partial charge >= 0.3 is 5.97 Å². The molecule has 0 aromatic rings. The molecule has 0 spiro atoms. The van der Waals surface area contributed by atoms with Gasteiger partial charge in [-0.3, -0.25) is 0 Å². The van der Waals surface area contributed by atoms with Gasteiger partial charge < -0.3 is 9.84 Å². The molecule has 0 aliphatic heterocycles. The molecule has 1 saturated carbocycles. The second-order valence-electron chi connectivity index (χ2n) is 2.67. The first kappa shape index (κ1) is 7.54. The largest absolute Gasteiger partial charge is 0.460 e. The molecule has 0 aromatic carbocycles. The van der Waals surface area contributed by atoms with Crippen LogP contribution in [0.2, 0.25) is 0 Å². The molecule has 1 fully saturated rings. The summed E-state index contributed by atoms with van der Waals surface area (Å²) in [6.07, 6.45) is 2.16. The van der Waals surface area contributed by atoms with E-state index in [0.29, 0.717) is 0 Å². The Morgan fingerprint density at radius 3 is 2.60 bits per heavy atom. The lowest BCUT2D eigenvalue weighted by Gasteiger charge is -2.25. The second-order valence-corrected chi connectivity index (χ2v) is 2.67. The van der Waals surface area contributed by atoms with Gasteiger partial charge in [-0.15, -0.1) is 0 Å². The molecule has 1 atom stereocenters. The van der Waals surface area contributed by atoms with Gasteiger partial charge in [0, 0.05) is 0 Å². The van der Waals surface area contributed by atoms with Crippen LogP contribution in [0.15, 0.2) is 0 Å². The molecule has 1 N–H and O–H groups in total. The predicted molar refractivity (Wildman–Crippen MR) is 35.4 cm³/mol. The summed E-state index contributed by atoms with van der Waals surface area (Å²) in [6, 6.07) is 0. The van der Waals surface area contributed by atoms with Crippen LogP contribution in [0.25, 0.3) is 0 Å². The van der Waals surface area contributed by atoms with E-state index in [4.69, 9.17) is 9.84 Å². The number of carbonyl (C=O) groups is 1. The summed E-state index contributed by atoms with van der Waals surface area (Å²) in [4.78, 5) is 10.7. The molecule has 0 aromatic heterocycles. The lowest BCUT2D eigenvalue weighted by atomic mass is 9.96. The first-order valence-electron chi connectivity index (χ1n) is 3.58. The number of hydrogen-bond acceptors (Lipinski definition) is 3. The highest BCUT2D eigenvalue weighted by Crippen LogP contribution is 2.22. The second kappa shape index (κ2) is 3.01. The number of ether oxygens (including phenoxy) is 1. The Labute approximate surface area is 60.0 Å². The van der Waals surface area contributed by atoms with Crippen LogP contribution in [0, 0.1) is 0 Å². The molecule has 10 heavy (non-hydrogen) atoms. The number of carbonyl (C=O) groups excluding carboxylic acids is 1. The third-order valence-corrected chi connectivity index (χ3v) is 1.68. The molecular weight excluding hydrogens is 132 g/mol. The maximum atomic E-state index is 10.7. The van der Waals surface area contributed by atoms with Gasteiger partial charge in [0.15, 0.2) is 0 Å². The van der Waals surface area contributed by atoms with Crippen molar-refractivity contribution in [2.75, 3.05) is 0 Å². The molecule has 0 heterocycles. The fraction of sp³-hybridized carbons (Fsp3) is 0.857. The Balaban J connectivity index is 2.17. The SMILES string of the molecule is CC(O)C(=O)OC1CCC1. The highest BCUT2D eigenvalue weighted by Gasteiger charge is 2.23. The highest BCUT2D eigenvalue weighted by molar-refractivity contribution is 5.74.